The van der Waals surface area contributed by atoms with Crippen molar-refractivity contribution in [2.45, 2.75) is 6.54 Å². The van der Waals surface area contributed by atoms with E-state index in [0.717, 1.165) is 15.2 Å². The largest absolute Gasteiger partial charge is 0.346 e. The number of benzene rings is 2. The lowest BCUT2D eigenvalue weighted by molar-refractivity contribution is 0.0951. The quantitative estimate of drug-likeness (QED) is 0.798. The van der Waals surface area contributed by atoms with Gasteiger partial charge in [0.25, 0.3) is 5.91 Å². The first-order chi connectivity index (χ1) is 9.72. The van der Waals surface area contributed by atoms with E-state index >= 15 is 0 Å². The minimum Gasteiger partial charge on any atom is -0.346 e. The van der Waals surface area contributed by atoms with E-state index in [1.165, 1.54) is 0 Å². The summed E-state index contributed by atoms with van der Waals surface area (Å²) in [7, 11) is 0. The number of rotatable bonds is 3. The molecule has 20 heavy (non-hydrogen) atoms. The van der Waals surface area contributed by atoms with Gasteiger partial charge in [-0.2, -0.15) is 0 Å². The van der Waals surface area contributed by atoms with Gasteiger partial charge in [-0.1, -0.05) is 23.7 Å². The number of thiazole rings is 1. The van der Waals surface area contributed by atoms with Crippen molar-refractivity contribution in [3.8, 4) is 0 Å². The normalized spacial score (nSPS) is 10.7. The van der Waals surface area contributed by atoms with Gasteiger partial charge in [-0.15, -0.1) is 11.3 Å². The van der Waals surface area contributed by atoms with Crippen LogP contribution in [0.5, 0.6) is 0 Å². The summed E-state index contributed by atoms with van der Waals surface area (Å²) in [6.45, 7) is 0.431. The number of nitrogens with one attached hydrogen (secondary N) is 1. The van der Waals surface area contributed by atoms with Crippen LogP contribution in [-0.4, -0.2) is 10.9 Å². The molecule has 1 heterocycles. The van der Waals surface area contributed by atoms with Crippen molar-refractivity contribution in [1.82, 2.24) is 10.3 Å². The van der Waals surface area contributed by atoms with Crippen molar-refractivity contribution in [1.29, 1.82) is 0 Å². The van der Waals surface area contributed by atoms with Crippen molar-refractivity contribution in [3.63, 3.8) is 0 Å². The summed E-state index contributed by atoms with van der Waals surface area (Å²) in [4.78, 5) is 16.4. The van der Waals surface area contributed by atoms with E-state index in [4.69, 9.17) is 11.6 Å². The molecule has 0 bridgehead atoms. The number of carbonyl (C=O) groups excluding carboxylic acids is 1. The third-order valence-corrected chi connectivity index (χ3v) is 4.13. The topological polar surface area (TPSA) is 42.0 Å². The number of halogens is 1. The molecule has 0 saturated heterocycles. The summed E-state index contributed by atoms with van der Waals surface area (Å²) in [6.07, 6.45) is 0. The first-order valence-corrected chi connectivity index (χ1v) is 7.30. The van der Waals surface area contributed by atoms with Gasteiger partial charge in [0.05, 0.1) is 16.8 Å². The van der Waals surface area contributed by atoms with Crippen LogP contribution >= 0.6 is 22.9 Å². The predicted molar refractivity (Wildman–Crippen MR) is 82.2 cm³/mol. The molecule has 0 fully saturated rings. The number of amides is 1. The average molecular weight is 303 g/mol. The van der Waals surface area contributed by atoms with Crippen molar-refractivity contribution < 1.29 is 4.79 Å². The van der Waals surface area contributed by atoms with Gasteiger partial charge in [0, 0.05) is 10.6 Å². The minimum absolute atomic E-state index is 0.124. The lowest BCUT2D eigenvalue weighted by Gasteiger charge is -2.02. The number of hydrogen-bond donors (Lipinski definition) is 1. The van der Waals surface area contributed by atoms with Crippen LogP contribution in [0.15, 0.2) is 48.5 Å². The third-order valence-electron chi connectivity index (χ3n) is 2.84. The molecule has 1 aromatic heterocycles. The van der Waals surface area contributed by atoms with E-state index in [0.29, 0.717) is 17.1 Å². The van der Waals surface area contributed by atoms with Crippen molar-refractivity contribution in [2.75, 3.05) is 0 Å². The van der Waals surface area contributed by atoms with E-state index in [1.54, 1.807) is 35.6 Å². The van der Waals surface area contributed by atoms with Gasteiger partial charge in [0.1, 0.15) is 5.01 Å². The van der Waals surface area contributed by atoms with Gasteiger partial charge in [0.2, 0.25) is 0 Å². The molecule has 3 rings (SSSR count). The van der Waals surface area contributed by atoms with Crippen LogP contribution in [0.4, 0.5) is 0 Å². The Kier molecular flexibility index (Phi) is 3.67. The maximum Gasteiger partial charge on any atom is 0.251 e. The number of nitrogens with zero attached hydrogens (tertiary/aromatic N) is 1. The Bertz CT molecular complexity index is 719. The molecular weight excluding hydrogens is 292 g/mol. The highest BCUT2D eigenvalue weighted by atomic mass is 35.5. The van der Waals surface area contributed by atoms with Gasteiger partial charge in [-0.05, 0) is 36.4 Å². The average Bonchev–Trinajstić information content (AvgIpc) is 2.88. The highest BCUT2D eigenvalue weighted by Crippen LogP contribution is 2.21. The zero-order valence-corrected chi connectivity index (χ0v) is 12.0. The first-order valence-electron chi connectivity index (χ1n) is 6.10. The molecule has 1 N–H and O–H groups in total. The smallest absolute Gasteiger partial charge is 0.251 e. The Morgan fingerprint density at radius 3 is 2.65 bits per heavy atom. The highest BCUT2D eigenvalue weighted by Gasteiger charge is 2.07. The number of para-hydroxylation sites is 1. The summed E-state index contributed by atoms with van der Waals surface area (Å²) >= 11 is 7.38. The monoisotopic (exact) mass is 302 g/mol. The molecule has 0 aliphatic carbocycles. The summed E-state index contributed by atoms with van der Waals surface area (Å²) in [6, 6.07) is 14.7. The van der Waals surface area contributed by atoms with E-state index in [1.807, 2.05) is 24.3 Å². The van der Waals surface area contributed by atoms with Crippen molar-refractivity contribution >= 4 is 39.1 Å². The molecule has 0 atom stereocenters. The Balaban J connectivity index is 1.69. The Hall–Kier alpha value is -1.91. The molecular formula is C15H11ClN2OS. The van der Waals surface area contributed by atoms with Crippen LogP contribution in [0.3, 0.4) is 0 Å². The van der Waals surface area contributed by atoms with Crippen LogP contribution in [0.25, 0.3) is 10.2 Å². The minimum atomic E-state index is -0.124. The van der Waals surface area contributed by atoms with Gasteiger partial charge < -0.3 is 5.32 Å². The molecule has 1 amide bonds. The van der Waals surface area contributed by atoms with Crippen LogP contribution in [-0.2, 0) is 6.54 Å². The van der Waals surface area contributed by atoms with Crippen molar-refractivity contribution in [3.05, 3.63) is 64.1 Å². The summed E-state index contributed by atoms with van der Waals surface area (Å²) in [5.41, 5.74) is 1.56. The van der Waals surface area contributed by atoms with E-state index in [9.17, 15) is 4.79 Å². The fourth-order valence-corrected chi connectivity index (χ4v) is 2.89. The summed E-state index contributed by atoms with van der Waals surface area (Å²) in [5.74, 6) is -0.124. The Labute approximate surface area is 125 Å². The summed E-state index contributed by atoms with van der Waals surface area (Å²) < 4.78 is 1.13. The highest BCUT2D eigenvalue weighted by molar-refractivity contribution is 7.18. The molecule has 3 aromatic rings. The lowest BCUT2D eigenvalue weighted by Crippen LogP contribution is -2.22. The molecule has 0 unspecified atom stereocenters. The van der Waals surface area contributed by atoms with Crippen molar-refractivity contribution in [2.24, 2.45) is 0 Å². The second-order valence-electron chi connectivity index (χ2n) is 4.26. The molecule has 0 saturated carbocycles. The summed E-state index contributed by atoms with van der Waals surface area (Å²) in [5, 5.41) is 4.38. The zero-order chi connectivity index (χ0) is 13.9. The number of fused-ring (bicyclic) bond motifs is 1. The molecule has 3 nitrogen and oxygen atoms in total. The van der Waals surface area contributed by atoms with Gasteiger partial charge in [0.15, 0.2) is 0 Å². The van der Waals surface area contributed by atoms with Gasteiger partial charge >= 0.3 is 0 Å². The molecule has 2 aromatic carbocycles. The number of carbonyl (C=O) groups is 1. The zero-order valence-electron chi connectivity index (χ0n) is 10.5. The Morgan fingerprint density at radius 2 is 1.90 bits per heavy atom. The van der Waals surface area contributed by atoms with Crippen LogP contribution < -0.4 is 5.32 Å². The second kappa shape index (κ2) is 5.61. The van der Waals surface area contributed by atoms with Crippen LogP contribution in [0, 0.1) is 0 Å². The van der Waals surface area contributed by atoms with Crippen LogP contribution in [0.1, 0.15) is 15.4 Å². The first kappa shape index (κ1) is 13.1. The molecule has 0 aliphatic heterocycles. The fraction of sp³-hybridized carbons (Fsp3) is 0.0667. The molecule has 0 spiro atoms. The fourth-order valence-electron chi connectivity index (χ4n) is 1.85. The molecule has 0 radical (unpaired) electrons. The third kappa shape index (κ3) is 2.81. The van der Waals surface area contributed by atoms with Gasteiger partial charge in [-0.25, -0.2) is 4.98 Å². The standard InChI is InChI=1S/C15H11ClN2OS/c16-11-7-5-10(6-8-11)15(19)17-9-14-18-12-3-1-2-4-13(12)20-14/h1-8H,9H2,(H,17,19). The Morgan fingerprint density at radius 1 is 1.15 bits per heavy atom. The van der Waals surface area contributed by atoms with E-state index < -0.39 is 0 Å². The molecule has 100 valence electrons. The maximum atomic E-state index is 12.0. The number of aromatic nitrogens is 1. The van der Waals surface area contributed by atoms with E-state index in [2.05, 4.69) is 10.3 Å². The van der Waals surface area contributed by atoms with E-state index in [-0.39, 0.29) is 5.91 Å². The molecule has 5 heteroatoms. The van der Waals surface area contributed by atoms with Crippen LogP contribution in [0.2, 0.25) is 5.02 Å². The molecule has 0 aliphatic rings. The predicted octanol–water partition coefficient (Wildman–Crippen LogP) is 3.88. The van der Waals surface area contributed by atoms with Gasteiger partial charge in [-0.3, -0.25) is 4.79 Å². The lowest BCUT2D eigenvalue weighted by atomic mass is 10.2. The SMILES string of the molecule is O=C(NCc1nc2ccccc2s1)c1ccc(Cl)cc1. The number of hydrogen-bond acceptors (Lipinski definition) is 3. The maximum absolute atomic E-state index is 12.0. The second-order valence-corrected chi connectivity index (χ2v) is 5.82.